The van der Waals surface area contributed by atoms with E-state index in [-0.39, 0.29) is 11.9 Å². The van der Waals surface area contributed by atoms with Crippen molar-refractivity contribution in [2.24, 2.45) is 0 Å². The SMILES string of the molecule is COc1cccc(CN[C@H]2CC(=O)N(C)C2)c1OC. The van der Waals surface area contributed by atoms with Gasteiger partial charge in [-0.05, 0) is 6.07 Å². The van der Waals surface area contributed by atoms with Crippen LogP contribution < -0.4 is 14.8 Å². The maximum atomic E-state index is 11.5. The van der Waals surface area contributed by atoms with Gasteiger partial charge >= 0.3 is 0 Å². The summed E-state index contributed by atoms with van der Waals surface area (Å²) >= 11 is 0. The van der Waals surface area contributed by atoms with Gasteiger partial charge in [0.25, 0.3) is 0 Å². The highest BCUT2D eigenvalue weighted by Gasteiger charge is 2.26. The largest absolute Gasteiger partial charge is 0.493 e. The molecule has 5 heteroatoms. The Labute approximate surface area is 113 Å². The highest BCUT2D eigenvalue weighted by Crippen LogP contribution is 2.30. The van der Waals surface area contributed by atoms with Gasteiger partial charge in [-0.25, -0.2) is 0 Å². The Bertz CT molecular complexity index is 462. The van der Waals surface area contributed by atoms with Crippen LogP contribution in [0, 0.1) is 0 Å². The number of amides is 1. The molecule has 0 spiro atoms. The number of hydrogen-bond donors (Lipinski definition) is 1. The summed E-state index contributed by atoms with van der Waals surface area (Å²) in [5.74, 6) is 1.66. The Morgan fingerprint density at radius 2 is 2.16 bits per heavy atom. The van der Waals surface area contributed by atoms with Gasteiger partial charge in [0, 0.05) is 38.2 Å². The van der Waals surface area contributed by atoms with Crippen LogP contribution in [0.5, 0.6) is 11.5 Å². The van der Waals surface area contributed by atoms with E-state index in [0.29, 0.717) is 13.0 Å². The molecule has 0 aromatic heterocycles. The van der Waals surface area contributed by atoms with E-state index in [2.05, 4.69) is 5.32 Å². The molecule has 1 aliphatic heterocycles. The van der Waals surface area contributed by atoms with Crippen molar-refractivity contribution in [2.75, 3.05) is 27.8 Å². The van der Waals surface area contributed by atoms with Crippen molar-refractivity contribution in [3.05, 3.63) is 23.8 Å². The molecule has 1 N–H and O–H groups in total. The second-order valence-electron chi connectivity index (χ2n) is 4.71. The molecule has 19 heavy (non-hydrogen) atoms. The molecule has 1 amide bonds. The fraction of sp³-hybridized carbons (Fsp3) is 0.500. The smallest absolute Gasteiger partial charge is 0.224 e. The van der Waals surface area contributed by atoms with Crippen LogP contribution in [0.3, 0.4) is 0 Å². The van der Waals surface area contributed by atoms with Crippen molar-refractivity contribution in [3.63, 3.8) is 0 Å². The van der Waals surface area contributed by atoms with Gasteiger partial charge in [-0.2, -0.15) is 0 Å². The molecule has 1 aliphatic rings. The number of nitrogens with zero attached hydrogens (tertiary/aromatic N) is 1. The molecule has 0 saturated carbocycles. The lowest BCUT2D eigenvalue weighted by Gasteiger charge is -2.16. The van der Waals surface area contributed by atoms with E-state index in [0.717, 1.165) is 23.6 Å². The predicted octanol–water partition coefficient (Wildman–Crippen LogP) is 1.02. The minimum Gasteiger partial charge on any atom is -0.493 e. The highest BCUT2D eigenvalue weighted by molar-refractivity contribution is 5.78. The minimum atomic E-state index is 0.190. The molecule has 0 radical (unpaired) electrons. The monoisotopic (exact) mass is 264 g/mol. The molecule has 1 atom stereocenters. The molecule has 2 rings (SSSR count). The van der Waals surface area contributed by atoms with Crippen LogP contribution in [-0.2, 0) is 11.3 Å². The van der Waals surface area contributed by atoms with E-state index in [1.165, 1.54) is 0 Å². The summed E-state index contributed by atoms with van der Waals surface area (Å²) in [6.07, 6.45) is 0.558. The lowest BCUT2D eigenvalue weighted by molar-refractivity contribution is -0.126. The van der Waals surface area contributed by atoms with Crippen molar-refractivity contribution in [1.82, 2.24) is 10.2 Å². The summed E-state index contributed by atoms with van der Waals surface area (Å²) in [5.41, 5.74) is 1.03. The van der Waals surface area contributed by atoms with Gasteiger partial charge in [0.2, 0.25) is 5.91 Å². The Balaban J connectivity index is 2.02. The molecular weight excluding hydrogens is 244 g/mol. The molecule has 0 bridgehead atoms. The number of likely N-dealkylation sites (N-methyl/N-ethyl adjacent to an activating group) is 1. The molecule has 0 unspecified atom stereocenters. The molecular formula is C14H20N2O3. The molecule has 1 aromatic rings. The first-order chi connectivity index (χ1) is 9.15. The fourth-order valence-corrected chi connectivity index (χ4v) is 2.35. The molecule has 1 saturated heterocycles. The van der Waals surface area contributed by atoms with Crippen LogP contribution >= 0.6 is 0 Å². The number of para-hydroxylation sites is 1. The van der Waals surface area contributed by atoms with Crippen molar-refractivity contribution in [2.45, 2.75) is 19.0 Å². The average molecular weight is 264 g/mol. The first-order valence-electron chi connectivity index (χ1n) is 6.33. The summed E-state index contributed by atoms with van der Waals surface area (Å²) in [5, 5.41) is 3.39. The third kappa shape index (κ3) is 2.98. The topological polar surface area (TPSA) is 50.8 Å². The summed E-state index contributed by atoms with van der Waals surface area (Å²) in [6, 6.07) is 6.00. The van der Waals surface area contributed by atoms with Gasteiger partial charge in [0.1, 0.15) is 0 Å². The van der Waals surface area contributed by atoms with Gasteiger partial charge in [-0.1, -0.05) is 12.1 Å². The standard InChI is InChI=1S/C14H20N2O3/c1-16-9-11(7-13(16)17)15-8-10-5-4-6-12(18-2)14(10)19-3/h4-6,11,15H,7-9H2,1-3H3/t11-/m0/s1. The number of nitrogens with one attached hydrogen (secondary N) is 1. The van der Waals surface area contributed by atoms with Crippen LogP contribution in [0.2, 0.25) is 0 Å². The molecule has 1 aromatic carbocycles. The second-order valence-corrected chi connectivity index (χ2v) is 4.71. The van der Waals surface area contributed by atoms with Crippen LogP contribution in [0.1, 0.15) is 12.0 Å². The number of benzene rings is 1. The maximum Gasteiger partial charge on any atom is 0.224 e. The van der Waals surface area contributed by atoms with Crippen LogP contribution in [0.15, 0.2) is 18.2 Å². The van der Waals surface area contributed by atoms with Crippen molar-refractivity contribution >= 4 is 5.91 Å². The molecule has 5 nitrogen and oxygen atoms in total. The second kappa shape index (κ2) is 5.93. The van der Waals surface area contributed by atoms with Gasteiger partial charge in [0.05, 0.1) is 14.2 Å². The zero-order valence-electron chi connectivity index (χ0n) is 11.6. The Kier molecular flexibility index (Phi) is 4.27. The lowest BCUT2D eigenvalue weighted by atomic mass is 10.1. The number of carbonyl (C=O) groups excluding carboxylic acids is 1. The number of methoxy groups -OCH3 is 2. The number of carbonyl (C=O) groups is 1. The van der Waals surface area contributed by atoms with Crippen molar-refractivity contribution < 1.29 is 14.3 Å². The normalized spacial score (nSPS) is 18.8. The number of likely N-dealkylation sites (tertiary alicyclic amines) is 1. The van der Waals surface area contributed by atoms with Crippen LogP contribution in [-0.4, -0.2) is 44.7 Å². The van der Waals surface area contributed by atoms with E-state index in [1.807, 2.05) is 25.2 Å². The Morgan fingerprint density at radius 3 is 2.74 bits per heavy atom. The number of hydrogen-bond acceptors (Lipinski definition) is 4. The number of rotatable bonds is 5. The summed E-state index contributed by atoms with van der Waals surface area (Å²) < 4.78 is 10.7. The van der Waals surface area contributed by atoms with E-state index in [4.69, 9.17) is 9.47 Å². The Morgan fingerprint density at radius 1 is 1.37 bits per heavy atom. The fourth-order valence-electron chi connectivity index (χ4n) is 2.35. The third-order valence-corrected chi connectivity index (χ3v) is 3.41. The first kappa shape index (κ1) is 13.7. The van der Waals surface area contributed by atoms with Crippen molar-refractivity contribution in [1.29, 1.82) is 0 Å². The van der Waals surface area contributed by atoms with Crippen LogP contribution in [0.4, 0.5) is 0 Å². The van der Waals surface area contributed by atoms with E-state index in [9.17, 15) is 4.79 Å². The highest BCUT2D eigenvalue weighted by atomic mass is 16.5. The first-order valence-corrected chi connectivity index (χ1v) is 6.33. The predicted molar refractivity (Wildman–Crippen MR) is 72.4 cm³/mol. The molecule has 104 valence electrons. The van der Waals surface area contributed by atoms with E-state index in [1.54, 1.807) is 19.1 Å². The molecule has 0 aliphatic carbocycles. The summed E-state index contributed by atoms with van der Waals surface area (Å²) in [7, 11) is 5.09. The lowest BCUT2D eigenvalue weighted by Crippen LogP contribution is -2.31. The maximum absolute atomic E-state index is 11.5. The van der Waals surface area contributed by atoms with Crippen LogP contribution in [0.25, 0.3) is 0 Å². The molecule has 1 heterocycles. The summed E-state index contributed by atoms with van der Waals surface area (Å²) in [6.45, 7) is 1.41. The quantitative estimate of drug-likeness (QED) is 0.863. The third-order valence-electron chi connectivity index (χ3n) is 3.41. The van der Waals surface area contributed by atoms with E-state index < -0.39 is 0 Å². The minimum absolute atomic E-state index is 0.190. The average Bonchev–Trinajstić information content (AvgIpc) is 2.74. The van der Waals surface area contributed by atoms with Crippen molar-refractivity contribution in [3.8, 4) is 11.5 Å². The summed E-state index contributed by atoms with van der Waals surface area (Å²) in [4.78, 5) is 13.2. The zero-order valence-corrected chi connectivity index (χ0v) is 11.6. The van der Waals surface area contributed by atoms with Gasteiger partial charge in [0.15, 0.2) is 11.5 Å². The van der Waals surface area contributed by atoms with Gasteiger partial charge < -0.3 is 19.7 Å². The molecule has 1 fully saturated rings. The zero-order chi connectivity index (χ0) is 13.8. The van der Waals surface area contributed by atoms with E-state index >= 15 is 0 Å². The number of ether oxygens (including phenoxy) is 2. The van der Waals surface area contributed by atoms with Gasteiger partial charge in [-0.15, -0.1) is 0 Å². The Hall–Kier alpha value is -1.75. The van der Waals surface area contributed by atoms with Gasteiger partial charge in [-0.3, -0.25) is 4.79 Å².